The summed E-state index contributed by atoms with van der Waals surface area (Å²) in [5, 5.41) is 0. The van der Waals surface area contributed by atoms with E-state index >= 15 is 0 Å². The van der Waals surface area contributed by atoms with Crippen LogP contribution in [0.25, 0.3) is 0 Å². The van der Waals surface area contributed by atoms with Crippen molar-refractivity contribution in [3.63, 3.8) is 0 Å². The first-order valence-electron chi connectivity index (χ1n) is 6.65. The second kappa shape index (κ2) is 5.37. The van der Waals surface area contributed by atoms with Gasteiger partial charge in [0.15, 0.2) is 0 Å². The minimum absolute atomic E-state index is 0.112. The molecule has 0 N–H and O–H groups in total. The van der Waals surface area contributed by atoms with Gasteiger partial charge in [0.1, 0.15) is 0 Å². The zero-order valence-corrected chi connectivity index (χ0v) is 12.8. The number of carbonyl (C=O) groups excluding carboxylic acids is 1. The zero-order valence-electron chi connectivity index (χ0n) is 11.2. The Morgan fingerprint density at radius 2 is 1.95 bits per heavy atom. The van der Waals surface area contributed by atoms with Gasteiger partial charge in [-0.2, -0.15) is 0 Å². The quantitative estimate of drug-likeness (QED) is 0.841. The molecule has 0 aliphatic carbocycles. The number of anilines is 1. The van der Waals surface area contributed by atoms with Crippen LogP contribution in [0, 0.1) is 6.92 Å². The van der Waals surface area contributed by atoms with Crippen molar-refractivity contribution in [1.82, 2.24) is 4.98 Å². The van der Waals surface area contributed by atoms with Gasteiger partial charge < -0.3 is 4.90 Å². The molecule has 1 saturated heterocycles. The van der Waals surface area contributed by atoms with Gasteiger partial charge in [0, 0.05) is 22.4 Å². The van der Waals surface area contributed by atoms with Gasteiger partial charge in [0.2, 0.25) is 5.91 Å². The van der Waals surface area contributed by atoms with E-state index < -0.39 is 0 Å². The van der Waals surface area contributed by atoms with E-state index in [9.17, 15) is 4.79 Å². The summed E-state index contributed by atoms with van der Waals surface area (Å²) in [6, 6.07) is 13.7. The van der Waals surface area contributed by atoms with Crippen LogP contribution >= 0.6 is 15.9 Å². The summed E-state index contributed by atoms with van der Waals surface area (Å²) in [5.41, 5.74) is 2.79. The van der Waals surface area contributed by atoms with Gasteiger partial charge in [0.05, 0.1) is 11.6 Å². The highest BCUT2D eigenvalue weighted by molar-refractivity contribution is 9.10. The van der Waals surface area contributed by atoms with Crippen molar-refractivity contribution in [1.29, 1.82) is 0 Å². The predicted octanol–water partition coefficient (Wildman–Crippen LogP) is 3.67. The predicted molar refractivity (Wildman–Crippen MR) is 82.8 cm³/mol. The van der Waals surface area contributed by atoms with Gasteiger partial charge in [-0.3, -0.25) is 9.78 Å². The number of benzene rings is 1. The third-order valence-corrected chi connectivity index (χ3v) is 4.14. The molecule has 0 radical (unpaired) electrons. The molecule has 1 amide bonds. The Labute approximate surface area is 126 Å². The first kappa shape index (κ1) is 13.3. The maximum atomic E-state index is 12.6. The fourth-order valence-corrected chi connectivity index (χ4v) is 2.85. The third kappa shape index (κ3) is 2.48. The number of amides is 1. The number of hydrogen-bond donors (Lipinski definition) is 0. The zero-order chi connectivity index (χ0) is 14.1. The smallest absolute Gasteiger partial charge is 0.236 e. The summed E-state index contributed by atoms with van der Waals surface area (Å²) in [6.45, 7) is 2.70. The van der Waals surface area contributed by atoms with Gasteiger partial charge in [0.25, 0.3) is 0 Å². The lowest BCUT2D eigenvalue weighted by Gasteiger charge is -2.17. The number of carbonyl (C=O) groups is 1. The van der Waals surface area contributed by atoms with E-state index in [1.54, 1.807) is 0 Å². The van der Waals surface area contributed by atoms with E-state index in [-0.39, 0.29) is 11.8 Å². The van der Waals surface area contributed by atoms with Crippen molar-refractivity contribution in [2.24, 2.45) is 0 Å². The molecule has 0 saturated carbocycles. The lowest BCUT2D eigenvalue weighted by Crippen LogP contribution is -2.26. The molecule has 0 spiro atoms. The van der Waals surface area contributed by atoms with Crippen LogP contribution in [0.4, 0.5) is 5.69 Å². The Bertz CT molecular complexity index is 639. The van der Waals surface area contributed by atoms with E-state index in [0.717, 1.165) is 34.5 Å². The van der Waals surface area contributed by atoms with Crippen LogP contribution in [-0.2, 0) is 4.79 Å². The van der Waals surface area contributed by atoms with Crippen LogP contribution in [0.15, 0.2) is 46.9 Å². The fourth-order valence-electron chi connectivity index (χ4n) is 2.59. The number of aryl methyl sites for hydroxylation is 1. The molecule has 1 aliphatic heterocycles. The topological polar surface area (TPSA) is 33.2 Å². The van der Waals surface area contributed by atoms with Crippen LogP contribution in [-0.4, -0.2) is 17.4 Å². The van der Waals surface area contributed by atoms with E-state index in [1.807, 2.05) is 54.3 Å². The fraction of sp³-hybridized carbons (Fsp3) is 0.250. The molecule has 4 heteroatoms. The molecule has 2 aromatic rings. The highest BCUT2D eigenvalue weighted by Gasteiger charge is 2.34. The van der Waals surface area contributed by atoms with Crippen molar-refractivity contribution in [2.45, 2.75) is 19.3 Å². The summed E-state index contributed by atoms with van der Waals surface area (Å²) in [7, 11) is 0. The molecule has 3 nitrogen and oxygen atoms in total. The molecule has 2 heterocycles. The first-order valence-corrected chi connectivity index (χ1v) is 7.45. The van der Waals surface area contributed by atoms with Crippen molar-refractivity contribution in [2.75, 3.05) is 11.4 Å². The molecule has 102 valence electrons. The minimum atomic E-state index is -0.112. The van der Waals surface area contributed by atoms with Crippen molar-refractivity contribution in [3.8, 4) is 0 Å². The summed E-state index contributed by atoms with van der Waals surface area (Å²) in [5.74, 6) is 0.0315. The Hall–Kier alpha value is -1.68. The van der Waals surface area contributed by atoms with Crippen molar-refractivity contribution in [3.05, 3.63) is 58.3 Å². The number of nitrogens with zero attached hydrogens (tertiary/aromatic N) is 2. The average molecular weight is 331 g/mol. The Balaban J connectivity index is 1.85. The molecule has 1 unspecified atom stereocenters. The Morgan fingerprint density at radius 1 is 1.20 bits per heavy atom. The Kier molecular flexibility index (Phi) is 3.57. The van der Waals surface area contributed by atoms with Crippen molar-refractivity contribution < 1.29 is 4.79 Å². The molecule has 1 aromatic heterocycles. The third-order valence-electron chi connectivity index (χ3n) is 3.61. The molecular weight excluding hydrogens is 316 g/mol. The molecule has 0 bridgehead atoms. The van der Waals surface area contributed by atoms with E-state index in [2.05, 4.69) is 20.9 Å². The summed E-state index contributed by atoms with van der Waals surface area (Å²) in [6.07, 6.45) is 0.825. The average Bonchev–Trinajstić information content (AvgIpc) is 2.82. The minimum Gasteiger partial charge on any atom is -0.312 e. The molecular formula is C16H15BrN2O. The summed E-state index contributed by atoms with van der Waals surface area (Å²) >= 11 is 3.41. The molecule has 3 rings (SSSR count). The second-order valence-corrected chi connectivity index (χ2v) is 5.93. The van der Waals surface area contributed by atoms with Gasteiger partial charge in [-0.1, -0.05) is 22.0 Å². The van der Waals surface area contributed by atoms with E-state index in [1.165, 1.54) is 0 Å². The molecule has 20 heavy (non-hydrogen) atoms. The number of halogens is 1. The van der Waals surface area contributed by atoms with Crippen LogP contribution in [0.1, 0.15) is 23.7 Å². The molecule has 1 atom stereocenters. The monoisotopic (exact) mass is 330 g/mol. The van der Waals surface area contributed by atoms with E-state index in [0.29, 0.717) is 0 Å². The van der Waals surface area contributed by atoms with E-state index in [4.69, 9.17) is 0 Å². The number of aromatic nitrogens is 1. The van der Waals surface area contributed by atoms with Gasteiger partial charge in [-0.05, 0) is 49.7 Å². The summed E-state index contributed by atoms with van der Waals surface area (Å²) in [4.78, 5) is 18.9. The van der Waals surface area contributed by atoms with Gasteiger partial charge in [-0.15, -0.1) is 0 Å². The van der Waals surface area contributed by atoms with Crippen molar-refractivity contribution >= 4 is 27.5 Å². The molecule has 1 aliphatic rings. The maximum absolute atomic E-state index is 12.6. The first-order chi connectivity index (χ1) is 9.65. The lowest BCUT2D eigenvalue weighted by atomic mass is 10.0. The lowest BCUT2D eigenvalue weighted by molar-refractivity contribution is -0.118. The summed E-state index contributed by atoms with van der Waals surface area (Å²) < 4.78 is 1.02. The van der Waals surface area contributed by atoms with Crippen LogP contribution in [0.3, 0.4) is 0 Å². The largest absolute Gasteiger partial charge is 0.312 e. The molecule has 1 aromatic carbocycles. The number of pyridine rings is 1. The van der Waals surface area contributed by atoms with Crippen LogP contribution in [0.2, 0.25) is 0 Å². The van der Waals surface area contributed by atoms with Gasteiger partial charge in [-0.25, -0.2) is 0 Å². The normalized spacial score (nSPS) is 18.6. The number of rotatable bonds is 2. The SMILES string of the molecule is Cc1cccc(C2CCN(c3ccc(Br)cc3)C2=O)n1. The maximum Gasteiger partial charge on any atom is 0.236 e. The van der Waals surface area contributed by atoms with Gasteiger partial charge >= 0.3 is 0 Å². The highest BCUT2D eigenvalue weighted by Crippen LogP contribution is 2.31. The second-order valence-electron chi connectivity index (χ2n) is 5.01. The van der Waals surface area contributed by atoms with Crippen LogP contribution < -0.4 is 4.90 Å². The highest BCUT2D eigenvalue weighted by atomic mass is 79.9. The standard InChI is InChI=1S/C16H15BrN2O/c1-11-3-2-4-15(18-11)14-9-10-19(16(14)20)13-7-5-12(17)6-8-13/h2-8,14H,9-10H2,1H3. The van der Waals surface area contributed by atoms with Crippen LogP contribution in [0.5, 0.6) is 0 Å². The Morgan fingerprint density at radius 3 is 2.65 bits per heavy atom. The number of hydrogen-bond acceptors (Lipinski definition) is 2. The molecule has 1 fully saturated rings.